The first kappa shape index (κ1) is 22.1. The zero-order chi connectivity index (χ0) is 23.1. The van der Waals surface area contributed by atoms with Crippen LogP contribution >= 0.6 is 7.14 Å². The minimum atomic E-state index is -3.04. The van der Waals surface area contributed by atoms with E-state index in [4.69, 9.17) is 4.43 Å². The molecule has 0 atom stereocenters. The van der Waals surface area contributed by atoms with E-state index in [-0.39, 0.29) is 0 Å². The highest BCUT2D eigenvalue weighted by molar-refractivity contribution is 7.78. The van der Waals surface area contributed by atoms with Crippen molar-refractivity contribution in [2.45, 2.75) is 25.2 Å². The first-order chi connectivity index (χ1) is 15.8. The van der Waals surface area contributed by atoms with Crippen molar-refractivity contribution in [3.8, 4) is 11.1 Å². The van der Waals surface area contributed by atoms with Crippen LogP contribution in [0.15, 0.2) is 109 Å². The van der Waals surface area contributed by atoms with Crippen molar-refractivity contribution in [2.75, 3.05) is 6.16 Å². The van der Waals surface area contributed by atoms with Gasteiger partial charge in [-0.05, 0) is 41.9 Å². The molecule has 0 amide bonds. The predicted octanol–water partition coefficient (Wildman–Crippen LogP) is 6.78. The van der Waals surface area contributed by atoms with E-state index in [1.54, 1.807) is 0 Å². The SMILES string of the molecule is C[Si](C)(C)OC1(CP(=O)(c2ccccc2)c2ccccc2)c2ccccc2-c2ccccc21. The fraction of sp³-hybridized carbons (Fsp3) is 0.172. The van der Waals surface area contributed by atoms with Crippen molar-refractivity contribution in [3.63, 3.8) is 0 Å². The van der Waals surface area contributed by atoms with Gasteiger partial charge in [0.1, 0.15) is 12.7 Å². The largest absolute Gasteiger partial charge is 0.404 e. The first-order valence-electron chi connectivity index (χ1n) is 11.4. The van der Waals surface area contributed by atoms with Crippen molar-refractivity contribution in [1.29, 1.82) is 0 Å². The molecule has 0 unspecified atom stereocenters. The molecule has 1 aliphatic rings. The third-order valence-electron chi connectivity index (χ3n) is 6.29. The van der Waals surface area contributed by atoms with Gasteiger partial charge in [0, 0.05) is 16.8 Å². The Labute approximate surface area is 197 Å². The summed E-state index contributed by atoms with van der Waals surface area (Å²) in [7, 11) is -5.09. The fourth-order valence-electron chi connectivity index (χ4n) is 5.10. The summed E-state index contributed by atoms with van der Waals surface area (Å²) in [6.45, 7) is 6.65. The summed E-state index contributed by atoms with van der Waals surface area (Å²) < 4.78 is 22.4. The Morgan fingerprint density at radius 3 is 1.45 bits per heavy atom. The summed E-state index contributed by atoms with van der Waals surface area (Å²) in [5, 5.41) is 1.74. The number of benzene rings is 4. The lowest BCUT2D eigenvalue weighted by molar-refractivity contribution is 0.132. The van der Waals surface area contributed by atoms with Crippen LogP contribution in [0.4, 0.5) is 0 Å². The Bertz CT molecular complexity index is 1240. The summed E-state index contributed by atoms with van der Waals surface area (Å²) in [5.74, 6) is 0. The predicted molar refractivity (Wildman–Crippen MR) is 142 cm³/mol. The highest BCUT2D eigenvalue weighted by atomic mass is 31.2. The van der Waals surface area contributed by atoms with Gasteiger partial charge in [-0.15, -0.1) is 0 Å². The second-order valence-electron chi connectivity index (χ2n) is 9.70. The average molecular weight is 469 g/mol. The van der Waals surface area contributed by atoms with E-state index in [1.807, 2.05) is 60.7 Å². The molecule has 0 heterocycles. The molecule has 2 nitrogen and oxygen atoms in total. The van der Waals surface area contributed by atoms with Crippen LogP contribution in [0, 0.1) is 0 Å². The molecule has 1 aliphatic carbocycles. The maximum atomic E-state index is 15.2. The van der Waals surface area contributed by atoms with Gasteiger partial charge in [-0.1, -0.05) is 109 Å². The maximum Gasteiger partial charge on any atom is 0.185 e. The summed E-state index contributed by atoms with van der Waals surface area (Å²) in [6, 6.07) is 36.8. The zero-order valence-corrected chi connectivity index (χ0v) is 21.3. The Morgan fingerprint density at radius 2 is 1.03 bits per heavy atom. The fourth-order valence-corrected chi connectivity index (χ4v) is 9.57. The van der Waals surface area contributed by atoms with Crippen molar-refractivity contribution in [1.82, 2.24) is 0 Å². The molecule has 0 radical (unpaired) electrons. The quantitative estimate of drug-likeness (QED) is 0.230. The highest BCUT2D eigenvalue weighted by Gasteiger charge is 2.51. The van der Waals surface area contributed by atoms with Crippen molar-refractivity contribution < 1.29 is 8.99 Å². The smallest absolute Gasteiger partial charge is 0.185 e. The van der Waals surface area contributed by atoms with Gasteiger partial charge in [0.05, 0.1) is 0 Å². The van der Waals surface area contributed by atoms with Gasteiger partial charge in [0.15, 0.2) is 8.32 Å². The van der Waals surface area contributed by atoms with Crippen molar-refractivity contribution in [3.05, 3.63) is 120 Å². The molecule has 0 spiro atoms. The molecule has 0 bridgehead atoms. The lowest BCUT2D eigenvalue weighted by atomic mass is 9.94. The molecule has 4 aromatic rings. The first-order valence-corrected chi connectivity index (χ1v) is 16.7. The number of hydrogen-bond donors (Lipinski definition) is 0. The monoisotopic (exact) mass is 468 g/mol. The van der Waals surface area contributed by atoms with Crippen LogP contribution in [0.1, 0.15) is 11.1 Å². The molecule has 166 valence electrons. The van der Waals surface area contributed by atoms with Gasteiger partial charge >= 0.3 is 0 Å². The lowest BCUT2D eigenvalue weighted by Crippen LogP contribution is -2.44. The van der Waals surface area contributed by atoms with Crippen LogP contribution < -0.4 is 10.6 Å². The standard InChI is InChI=1S/C29H29O2PSi/c1-33(2,3)31-29(27-20-12-10-18-25(27)26-19-11-13-21-28(26)29)22-32(30,23-14-6-4-7-15-23)24-16-8-5-9-17-24/h4-21H,22H2,1-3H3. The molecule has 33 heavy (non-hydrogen) atoms. The average Bonchev–Trinajstić information content (AvgIpc) is 3.09. The molecule has 0 saturated carbocycles. The van der Waals surface area contributed by atoms with Gasteiger partial charge in [0.25, 0.3) is 0 Å². The van der Waals surface area contributed by atoms with Crippen LogP contribution in [0.2, 0.25) is 19.6 Å². The van der Waals surface area contributed by atoms with E-state index in [9.17, 15) is 0 Å². The third-order valence-corrected chi connectivity index (χ3v) is 10.4. The van der Waals surface area contributed by atoms with E-state index in [1.165, 1.54) is 11.1 Å². The molecular formula is C29H29O2PSi. The maximum absolute atomic E-state index is 15.2. The molecule has 4 heteroatoms. The van der Waals surface area contributed by atoms with Gasteiger partial charge < -0.3 is 8.99 Å². The van der Waals surface area contributed by atoms with Gasteiger partial charge in [0.2, 0.25) is 0 Å². The second-order valence-corrected chi connectivity index (χ2v) is 17.0. The molecule has 0 aromatic heterocycles. The highest BCUT2D eigenvalue weighted by Crippen LogP contribution is 2.58. The van der Waals surface area contributed by atoms with Crippen molar-refractivity contribution in [2.24, 2.45) is 0 Å². The molecule has 5 rings (SSSR count). The van der Waals surface area contributed by atoms with Crippen LogP contribution in [0.5, 0.6) is 0 Å². The van der Waals surface area contributed by atoms with E-state index in [0.717, 1.165) is 21.7 Å². The molecular weight excluding hydrogens is 439 g/mol. The van der Waals surface area contributed by atoms with E-state index < -0.39 is 21.1 Å². The van der Waals surface area contributed by atoms with Crippen LogP contribution in [0.3, 0.4) is 0 Å². The Kier molecular flexibility index (Phi) is 5.53. The minimum absolute atomic E-state index is 0.395. The van der Waals surface area contributed by atoms with Gasteiger partial charge in [-0.3, -0.25) is 0 Å². The van der Waals surface area contributed by atoms with Gasteiger partial charge in [-0.25, -0.2) is 0 Å². The number of fused-ring (bicyclic) bond motifs is 3. The van der Waals surface area contributed by atoms with Crippen molar-refractivity contribution >= 4 is 26.1 Å². The Balaban J connectivity index is 1.80. The lowest BCUT2D eigenvalue weighted by Gasteiger charge is -2.40. The molecule has 4 aromatic carbocycles. The molecule has 0 N–H and O–H groups in total. The normalized spacial score (nSPS) is 14.5. The van der Waals surface area contributed by atoms with Crippen LogP contribution in [-0.4, -0.2) is 14.5 Å². The van der Waals surface area contributed by atoms with E-state index >= 15 is 4.57 Å². The summed E-state index contributed by atoms with van der Waals surface area (Å²) in [4.78, 5) is 0. The summed E-state index contributed by atoms with van der Waals surface area (Å²) >= 11 is 0. The van der Waals surface area contributed by atoms with E-state index in [2.05, 4.69) is 68.2 Å². The van der Waals surface area contributed by atoms with E-state index in [0.29, 0.717) is 6.16 Å². The summed E-state index contributed by atoms with van der Waals surface area (Å²) in [5.41, 5.74) is 3.85. The topological polar surface area (TPSA) is 26.3 Å². The second kappa shape index (κ2) is 8.25. The zero-order valence-electron chi connectivity index (χ0n) is 19.4. The number of hydrogen-bond acceptors (Lipinski definition) is 2. The number of rotatable bonds is 6. The van der Waals surface area contributed by atoms with Gasteiger partial charge in [-0.2, -0.15) is 0 Å². The molecule has 0 saturated heterocycles. The molecule has 0 fully saturated rings. The molecule has 0 aliphatic heterocycles. The van der Waals surface area contributed by atoms with Crippen LogP contribution in [-0.2, 0) is 14.6 Å². The minimum Gasteiger partial charge on any atom is -0.404 e. The Morgan fingerprint density at radius 1 is 0.636 bits per heavy atom. The Hall–Kier alpha value is -2.71. The van der Waals surface area contributed by atoms with Crippen LogP contribution in [0.25, 0.3) is 11.1 Å². The third kappa shape index (κ3) is 3.85. The summed E-state index contributed by atoms with van der Waals surface area (Å²) in [6.07, 6.45) is 0.395.